The van der Waals surface area contributed by atoms with Gasteiger partial charge in [0.15, 0.2) is 0 Å². The fraction of sp³-hybridized carbons (Fsp3) is 0.133. The highest BCUT2D eigenvalue weighted by molar-refractivity contribution is 5.93. The van der Waals surface area contributed by atoms with Crippen molar-refractivity contribution in [2.24, 2.45) is 0 Å². The average Bonchev–Trinajstić information content (AvgIpc) is 2.52. The largest absolute Gasteiger partial charge is 0.357 e. The van der Waals surface area contributed by atoms with Crippen LogP contribution in [0.5, 0.6) is 0 Å². The van der Waals surface area contributed by atoms with E-state index in [-0.39, 0.29) is 5.91 Å². The Morgan fingerprint density at radius 2 is 1.90 bits per heavy atom. The van der Waals surface area contributed by atoms with Crippen LogP contribution in [0.2, 0.25) is 0 Å². The molecule has 1 aromatic carbocycles. The van der Waals surface area contributed by atoms with Crippen LogP contribution in [-0.4, -0.2) is 30.4 Å². The van der Waals surface area contributed by atoms with E-state index >= 15 is 0 Å². The molecule has 0 spiro atoms. The molecule has 5 nitrogen and oxygen atoms in total. The fourth-order valence-electron chi connectivity index (χ4n) is 1.76. The number of pyridine rings is 1. The molecule has 0 atom stereocenters. The van der Waals surface area contributed by atoms with Crippen LogP contribution in [0.3, 0.4) is 0 Å². The number of carbonyl (C=O) groups excluding carboxylic acids is 2. The summed E-state index contributed by atoms with van der Waals surface area (Å²) >= 11 is 0. The third-order valence-electron chi connectivity index (χ3n) is 2.74. The van der Waals surface area contributed by atoms with Gasteiger partial charge < -0.3 is 10.6 Å². The standard InChI is InChI=1S/C15H15N3O2/c19-11-16-8-9-18-15(20)14-10-13(6-7-17-14)12-4-2-1-3-5-12/h1-7,10-11H,8-9H2,(H,16,19)(H,18,20). The molecule has 20 heavy (non-hydrogen) atoms. The van der Waals surface area contributed by atoms with Gasteiger partial charge in [0.05, 0.1) is 0 Å². The van der Waals surface area contributed by atoms with E-state index in [2.05, 4.69) is 15.6 Å². The zero-order valence-corrected chi connectivity index (χ0v) is 10.9. The molecule has 0 aliphatic carbocycles. The number of hydrogen-bond acceptors (Lipinski definition) is 3. The van der Waals surface area contributed by atoms with Gasteiger partial charge in [-0.3, -0.25) is 14.6 Å². The van der Waals surface area contributed by atoms with Crippen molar-refractivity contribution in [2.75, 3.05) is 13.1 Å². The Morgan fingerprint density at radius 1 is 1.10 bits per heavy atom. The van der Waals surface area contributed by atoms with Crippen molar-refractivity contribution in [1.29, 1.82) is 0 Å². The van der Waals surface area contributed by atoms with Crippen molar-refractivity contribution >= 4 is 12.3 Å². The molecule has 0 saturated heterocycles. The van der Waals surface area contributed by atoms with E-state index in [9.17, 15) is 9.59 Å². The second-order valence-corrected chi connectivity index (χ2v) is 4.12. The molecule has 2 N–H and O–H groups in total. The molecular formula is C15H15N3O2. The fourth-order valence-corrected chi connectivity index (χ4v) is 1.76. The third-order valence-corrected chi connectivity index (χ3v) is 2.74. The van der Waals surface area contributed by atoms with Gasteiger partial charge in [-0.2, -0.15) is 0 Å². The Kier molecular flexibility index (Phi) is 4.83. The molecule has 102 valence electrons. The summed E-state index contributed by atoms with van der Waals surface area (Å²) < 4.78 is 0. The zero-order valence-electron chi connectivity index (χ0n) is 10.9. The summed E-state index contributed by atoms with van der Waals surface area (Å²) in [6.07, 6.45) is 2.21. The quantitative estimate of drug-likeness (QED) is 0.612. The van der Waals surface area contributed by atoms with Gasteiger partial charge >= 0.3 is 0 Å². The van der Waals surface area contributed by atoms with Gasteiger partial charge in [-0.05, 0) is 23.3 Å². The summed E-state index contributed by atoms with van der Waals surface area (Å²) in [7, 11) is 0. The molecule has 0 unspecified atom stereocenters. The summed E-state index contributed by atoms with van der Waals surface area (Å²) in [6.45, 7) is 0.766. The SMILES string of the molecule is O=CNCCNC(=O)c1cc(-c2ccccc2)ccn1. The molecule has 2 aromatic rings. The molecule has 0 radical (unpaired) electrons. The van der Waals surface area contributed by atoms with Crippen molar-refractivity contribution in [3.8, 4) is 11.1 Å². The molecule has 1 heterocycles. The predicted molar refractivity (Wildman–Crippen MR) is 76.1 cm³/mol. The van der Waals surface area contributed by atoms with E-state index in [1.165, 1.54) is 0 Å². The van der Waals surface area contributed by atoms with E-state index in [1.54, 1.807) is 12.3 Å². The second-order valence-electron chi connectivity index (χ2n) is 4.12. The lowest BCUT2D eigenvalue weighted by Crippen LogP contribution is -2.31. The molecule has 0 bridgehead atoms. The Hall–Kier alpha value is -2.69. The van der Waals surface area contributed by atoms with Crippen molar-refractivity contribution in [2.45, 2.75) is 0 Å². The number of nitrogens with zero attached hydrogens (tertiary/aromatic N) is 1. The number of rotatable bonds is 6. The van der Waals surface area contributed by atoms with Crippen molar-refractivity contribution < 1.29 is 9.59 Å². The molecule has 5 heteroatoms. The molecule has 2 rings (SSSR count). The van der Waals surface area contributed by atoms with Crippen LogP contribution in [0.15, 0.2) is 48.7 Å². The van der Waals surface area contributed by atoms with Gasteiger partial charge in [0.2, 0.25) is 6.41 Å². The highest BCUT2D eigenvalue weighted by Crippen LogP contribution is 2.18. The van der Waals surface area contributed by atoms with Gasteiger partial charge in [0.1, 0.15) is 5.69 Å². The van der Waals surface area contributed by atoms with Crippen molar-refractivity contribution in [3.05, 3.63) is 54.4 Å². The van der Waals surface area contributed by atoms with E-state index in [0.717, 1.165) is 11.1 Å². The first-order valence-electron chi connectivity index (χ1n) is 6.28. The lowest BCUT2D eigenvalue weighted by molar-refractivity contribution is -0.109. The summed E-state index contributed by atoms with van der Waals surface area (Å²) in [4.78, 5) is 26.0. The molecule has 0 aliphatic rings. The molecule has 1 aromatic heterocycles. The molecule has 0 saturated carbocycles. The minimum absolute atomic E-state index is 0.254. The van der Waals surface area contributed by atoms with E-state index in [0.29, 0.717) is 25.2 Å². The van der Waals surface area contributed by atoms with Crippen LogP contribution in [-0.2, 0) is 4.79 Å². The Labute approximate surface area is 117 Å². The van der Waals surface area contributed by atoms with Crippen LogP contribution in [0.1, 0.15) is 10.5 Å². The predicted octanol–water partition coefficient (Wildman–Crippen LogP) is 1.22. The first kappa shape index (κ1) is 13.7. The smallest absolute Gasteiger partial charge is 0.269 e. The Morgan fingerprint density at radius 3 is 2.65 bits per heavy atom. The summed E-state index contributed by atoms with van der Waals surface area (Å²) in [6, 6.07) is 13.4. The monoisotopic (exact) mass is 269 g/mol. The maximum atomic E-state index is 11.9. The number of hydrogen-bond donors (Lipinski definition) is 2. The summed E-state index contributed by atoms with van der Waals surface area (Å²) in [5.41, 5.74) is 2.33. The van der Waals surface area contributed by atoms with Gasteiger partial charge in [-0.1, -0.05) is 30.3 Å². The van der Waals surface area contributed by atoms with Crippen LogP contribution < -0.4 is 10.6 Å². The molecule has 0 aliphatic heterocycles. The van der Waals surface area contributed by atoms with Crippen LogP contribution in [0.4, 0.5) is 0 Å². The molecular weight excluding hydrogens is 254 g/mol. The normalized spacial score (nSPS) is 9.80. The van der Waals surface area contributed by atoms with Crippen molar-refractivity contribution in [1.82, 2.24) is 15.6 Å². The van der Waals surface area contributed by atoms with Crippen LogP contribution in [0, 0.1) is 0 Å². The maximum absolute atomic E-state index is 11.9. The number of nitrogens with one attached hydrogen (secondary N) is 2. The Bertz CT molecular complexity index is 585. The van der Waals surface area contributed by atoms with Crippen LogP contribution >= 0.6 is 0 Å². The lowest BCUT2D eigenvalue weighted by Gasteiger charge is -2.06. The molecule has 2 amide bonds. The third kappa shape index (κ3) is 3.65. The van der Waals surface area contributed by atoms with Crippen molar-refractivity contribution in [3.63, 3.8) is 0 Å². The first-order chi connectivity index (χ1) is 9.81. The summed E-state index contributed by atoms with van der Waals surface area (Å²) in [5.74, 6) is -0.254. The minimum atomic E-state index is -0.254. The van der Waals surface area contributed by atoms with Gasteiger partial charge in [-0.15, -0.1) is 0 Å². The maximum Gasteiger partial charge on any atom is 0.269 e. The van der Waals surface area contributed by atoms with Gasteiger partial charge in [-0.25, -0.2) is 0 Å². The number of amides is 2. The van der Waals surface area contributed by atoms with Crippen LogP contribution in [0.25, 0.3) is 11.1 Å². The first-order valence-corrected chi connectivity index (χ1v) is 6.28. The highest BCUT2D eigenvalue weighted by atomic mass is 16.2. The topological polar surface area (TPSA) is 71.1 Å². The average molecular weight is 269 g/mol. The number of aromatic nitrogens is 1. The second kappa shape index (κ2) is 7.04. The van der Waals surface area contributed by atoms with Gasteiger partial charge in [0, 0.05) is 19.3 Å². The zero-order chi connectivity index (χ0) is 14.2. The Balaban J connectivity index is 2.06. The number of benzene rings is 1. The van der Waals surface area contributed by atoms with E-state index in [1.807, 2.05) is 36.4 Å². The van der Waals surface area contributed by atoms with E-state index < -0.39 is 0 Å². The van der Waals surface area contributed by atoms with E-state index in [4.69, 9.17) is 0 Å². The lowest BCUT2D eigenvalue weighted by atomic mass is 10.1. The number of carbonyl (C=O) groups is 2. The highest BCUT2D eigenvalue weighted by Gasteiger charge is 2.07. The molecule has 0 fully saturated rings. The minimum Gasteiger partial charge on any atom is -0.357 e. The summed E-state index contributed by atoms with van der Waals surface area (Å²) in [5, 5.41) is 5.17. The van der Waals surface area contributed by atoms with Gasteiger partial charge in [0.25, 0.3) is 5.91 Å².